The molecule has 1 unspecified atom stereocenters. The standard InChI is InChI=1S/C9H18O5.Ti/c1-6(2)13-5-9(12,8(10)11)14-7(3)4;/h6-7,12H,5H2,1-4H3,(H,10,11);. The van der Waals surface area contributed by atoms with Crippen molar-refractivity contribution in [3.05, 3.63) is 0 Å². The Morgan fingerprint density at radius 2 is 1.73 bits per heavy atom. The molecule has 0 aromatic carbocycles. The maximum atomic E-state index is 10.7. The molecule has 0 radical (unpaired) electrons. The quantitative estimate of drug-likeness (QED) is 0.536. The third-order valence-corrected chi connectivity index (χ3v) is 1.38. The Morgan fingerprint density at radius 3 is 2.00 bits per heavy atom. The number of carbonyl (C=O) groups is 1. The van der Waals surface area contributed by atoms with E-state index in [1.54, 1.807) is 27.7 Å². The Kier molecular flexibility index (Phi) is 8.56. The summed E-state index contributed by atoms with van der Waals surface area (Å²) in [5, 5.41) is 18.3. The number of carboxylic acids is 1. The summed E-state index contributed by atoms with van der Waals surface area (Å²) in [5.74, 6) is -3.69. The van der Waals surface area contributed by atoms with Crippen LogP contribution < -0.4 is 0 Å². The molecule has 0 heterocycles. The Balaban J connectivity index is 0. The first-order valence-electron chi connectivity index (χ1n) is 4.53. The van der Waals surface area contributed by atoms with Gasteiger partial charge in [0.15, 0.2) is 0 Å². The van der Waals surface area contributed by atoms with Gasteiger partial charge in [0.05, 0.1) is 12.2 Å². The minimum absolute atomic E-state index is 0. The first-order chi connectivity index (χ1) is 6.28. The summed E-state index contributed by atoms with van der Waals surface area (Å²) in [4.78, 5) is 10.7. The van der Waals surface area contributed by atoms with E-state index in [4.69, 9.17) is 14.6 Å². The normalized spacial score (nSPS) is 14.9. The minimum Gasteiger partial charge on any atom is -0.477 e. The van der Waals surface area contributed by atoms with Crippen molar-refractivity contribution in [1.29, 1.82) is 0 Å². The van der Waals surface area contributed by atoms with Gasteiger partial charge in [0.2, 0.25) is 0 Å². The number of ether oxygens (including phenoxy) is 2. The van der Waals surface area contributed by atoms with Gasteiger partial charge in [-0.25, -0.2) is 4.79 Å². The van der Waals surface area contributed by atoms with Gasteiger partial charge in [-0.3, -0.25) is 0 Å². The van der Waals surface area contributed by atoms with Crippen LogP contribution in [-0.2, 0) is 36.0 Å². The summed E-state index contributed by atoms with van der Waals surface area (Å²) in [5.41, 5.74) is 0. The molecule has 0 aliphatic carbocycles. The SMILES string of the molecule is CC(C)OCC(O)(OC(C)C)C(=O)O.[Ti]. The number of rotatable bonds is 6. The second kappa shape index (κ2) is 7.36. The van der Waals surface area contributed by atoms with Crippen molar-refractivity contribution >= 4 is 5.97 Å². The summed E-state index contributed by atoms with van der Waals surface area (Å²) < 4.78 is 9.89. The summed E-state index contributed by atoms with van der Waals surface area (Å²) in [7, 11) is 0. The van der Waals surface area contributed by atoms with E-state index in [1.165, 1.54) is 0 Å². The van der Waals surface area contributed by atoms with Crippen molar-refractivity contribution < 1.29 is 46.2 Å². The molecule has 0 amide bonds. The number of hydrogen-bond donors (Lipinski definition) is 2. The molecule has 88 valence electrons. The first-order valence-corrected chi connectivity index (χ1v) is 4.53. The van der Waals surface area contributed by atoms with Gasteiger partial charge in [-0.1, -0.05) is 0 Å². The predicted molar refractivity (Wildman–Crippen MR) is 49.9 cm³/mol. The van der Waals surface area contributed by atoms with Crippen LogP contribution in [0.25, 0.3) is 0 Å². The van der Waals surface area contributed by atoms with Gasteiger partial charge in [0.1, 0.15) is 6.61 Å². The molecule has 0 saturated carbocycles. The molecule has 0 fully saturated rings. The number of carboxylic acid groups (broad SMARTS) is 1. The summed E-state index contributed by atoms with van der Waals surface area (Å²) in [6.45, 7) is 6.40. The molecule has 0 saturated heterocycles. The van der Waals surface area contributed by atoms with Gasteiger partial charge in [-0.2, -0.15) is 0 Å². The number of hydrogen-bond acceptors (Lipinski definition) is 4. The van der Waals surface area contributed by atoms with Crippen molar-refractivity contribution in [2.75, 3.05) is 6.61 Å². The zero-order valence-corrected chi connectivity index (χ0v) is 11.0. The van der Waals surface area contributed by atoms with Crippen LogP contribution in [0.3, 0.4) is 0 Å². The molecule has 2 N–H and O–H groups in total. The predicted octanol–water partition coefficient (Wildman–Crippen LogP) is 0.607. The Bertz CT molecular complexity index is 195. The minimum atomic E-state index is -2.25. The van der Waals surface area contributed by atoms with Gasteiger partial charge in [-0.05, 0) is 27.7 Å². The van der Waals surface area contributed by atoms with Crippen LogP contribution >= 0.6 is 0 Å². The summed E-state index contributed by atoms with van der Waals surface area (Å²) in [6.07, 6.45) is -0.538. The number of aliphatic hydroxyl groups is 1. The van der Waals surface area contributed by atoms with Crippen LogP contribution in [0, 0.1) is 0 Å². The average molecular weight is 254 g/mol. The maximum Gasteiger partial charge on any atom is 0.366 e. The van der Waals surface area contributed by atoms with E-state index in [1.807, 2.05) is 0 Å². The van der Waals surface area contributed by atoms with Crippen molar-refractivity contribution in [1.82, 2.24) is 0 Å². The van der Waals surface area contributed by atoms with E-state index in [-0.39, 0.29) is 40.5 Å². The summed E-state index contributed by atoms with van der Waals surface area (Å²) in [6, 6.07) is 0. The molecule has 6 heteroatoms. The monoisotopic (exact) mass is 254 g/mol. The van der Waals surface area contributed by atoms with Crippen LogP contribution in [0.2, 0.25) is 0 Å². The van der Waals surface area contributed by atoms with Gasteiger partial charge in [0.25, 0.3) is 5.79 Å². The zero-order valence-electron chi connectivity index (χ0n) is 9.48. The van der Waals surface area contributed by atoms with Gasteiger partial charge in [0, 0.05) is 21.7 Å². The van der Waals surface area contributed by atoms with E-state index in [9.17, 15) is 9.90 Å². The van der Waals surface area contributed by atoms with E-state index >= 15 is 0 Å². The fraction of sp³-hybridized carbons (Fsp3) is 0.889. The van der Waals surface area contributed by atoms with E-state index < -0.39 is 11.8 Å². The Labute approximate surface area is 105 Å². The zero-order chi connectivity index (χ0) is 11.4. The largest absolute Gasteiger partial charge is 0.477 e. The average Bonchev–Trinajstić information content (AvgIpc) is 1.99. The van der Waals surface area contributed by atoms with Gasteiger partial charge >= 0.3 is 5.97 Å². The van der Waals surface area contributed by atoms with Crippen molar-refractivity contribution in [2.24, 2.45) is 0 Å². The van der Waals surface area contributed by atoms with Gasteiger partial charge in [-0.15, -0.1) is 0 Å². The Hall–Kier alpha value is 0.0643. The molecule has 0 rings (SSSR count). The molecule has 1 atom stereocenters. The van der Waals surface area contributed by atoms with Crippen LogP contribution in [0.15, 0.2) is 0 Å². The van der Waals surface area contributed by atoms with E-state index in [2.05, 4.69) is 0 Å². The van der Waals surface area contributed by atoms with Crippen LogP contribution in [-0.4, -0.2) is 40.8 Å². The molecule has 0 aliphatic heterocycles. The fourth-order valence-corrected chi connectivity index (χ4v) is 0.816. The van der Waals surface area contributed by atoms with Crippen molar-refractivity contribution in [3.63, 3.8) is 0 Å². The molecular formula is C9H18O5Ti. The van der Waals surface area contributed by atoms with Crippen molar-refractivity contribution in [3.8, 4) is 0 Å². The third kappa shape index (κ3) is 7.03. The molecule has 0 aromatic rings. The second-order valence-electron chi connectivity index (χ2n) is 3.62. The molecule has 0 bridgehead atoms. The number of aliphatic carboxylic acids is 1. The smallest absolute Gasteiger partial charge is 0.366 e. The van der Waals surface area contributed by atoms with E-state index in [0.717, 1.165) is 0 Å². The first kappa shape index (κ1) is 17.5. The van der Waals surface area contributed by atoms with Crippen LogP contribution in [0.4, 0.5) is 0 Å². The molecular weight excluding hydrogens is 236 g/mol. The molecule has 5 nitrogen and oxygen atoms in total. The topological polar surface area (TPSA) is 76.0 Å². The van der Waals surface area contributed by atoms with E-state index in [0.29, 0.717) is 0 Å². The van der Waals surface area contributed by atoms with Crippen molar-refractivity contribution in [2.45, 2.75) is 45.7 Å². The molecule has 0 aromatic heterocycles. The summed E-state index contributed by atoms with van der Waals surface area (Å²) >= 11 is 0. The Morgan fingerprint density at radius 1 is 1.27 bits per heavy atom. The second-order valence-corrected chi connectivity index (χ2v) is 3.62. The fourth-order valence-electron chi connectivity index (χ4n) is 0.816. The van der Waals surface area contributed by atoms with Crippen LogP contribution in [0.1, 0.15) is 27.7 Å². The molecule has 0 aliphatic rings. The van der Waals surface area contributed by atoms with Gasteiger partial charge < -0.3 is 19.7 Å². The third-order valence-electron chi connectivity index (χ3n) is 1.38. The maximum absolute atomic E-state index is 10.7. The van der Waals surface area contributed by atoms with Crippen LogP contribution in [0.5, 0.6) is 0 Å². The molecule has 0 spiro atoms. The molecule has 15 heavy (non-hydrogen) atoms.